The molecule has 2 fully saturated rings. The maximum absolute atomic E-state index is 13.8. The van der Waals surface area contributed by atoms with E-state index in [2.05, 4.69) is 36.1 Å². The molecule has 0 radical (unpaired) electrons. The smallest absolute Gasteiger partial charge is 0.365 e. The number of anilines is 3. The lowest BCUT2D eigenvalue weighted by Crippen LogP contribution is -2.51. The molecule has 1 aromatic carbocycles. The van der Waals surface area contributed by atoms with E-state index in [4.69, 9.17) is 0 Å². The number of hydrogen-bond donors (Lipinski definition) is 4. The minimum absolute atomic E-state index is 0.0229. The van der Waals surface area contributed by atoms with Crippen LogP contribution in [0.3, 0.4) is 0 Å². The molecule has 13 heteroatoms. The Morgan fingerprint density at radius 3 is 2.29 bits per heavy atom. The number of nitrogens with one attached hydrogen (secondary N) is 4. The highest BCUT2D eigenvalue weighted by atomic mass is 19.4. The Bertz CT molecular complexity index is 1120. The summed E-state index contributed by atoms with van der Waals surface area (Å²) in [5, 5.41) is 11.1. The number of amides is 3. The third kappa shape index (κ3) is 6.82. The first-order valence-electron chi connectivity index (χ1n) is 12.7. The summed E-state index contributed by atoms with van der Waals surface area (Å²) in [6, 6.07) is 5.52. The number of carbonyl (C=O) groups is 2. The highest BCUT2D eigenvalue weighted by molar-refractivity contribution is 5.94. The third-order valence-electron chi connectivity index (χ3n) is 6.90. The first-order valence-corrected chi connectivity index (χ1v) is 12.7. The largest absolute Gasteiger partial charge is 0.421 e. The lowest BCUT2D eigenvalue weighted by atomic mass is 9.90. The highest BCUT2D eigenvalue weighted by Crippen LogP contribution is 2.35. The summed E-state index contributed by atoms with van der Waals surface area (Å²) in [6.07, 6.45) is -1.01. The van der Waals surface area contributed by atoms with Crippen LogP contribution < -0.4 is 21.3 Å². The van der Waals surface area contributed by atoms with E-state index in [1.807, 2.05) is 7.05 Å². The molecule has 0 bridgehead atoms. The van der Waals surface area contributed by atoms with Gasteiger partial charge in [-0.05, 0) is 44.2 Å². The van der Waals surface area contributed by atoms with E-state index in [-0.39, 0.29) is 29.7 Å². The van der Waals surface area contributed by atoms with Crippen LogP contribution in [0.4, 0.5) is 35.4 Å². The average molecular weight is 535 g/mol. The van der Waals surface area contributed by atoms with Crippen LogP contribution in [-0.2, 0) is 6.18 Å². The van der Waals surface area contributed by atoms with Crippen molar-refractivity contribution in [3.63, 3.8) is 0 Å². The molecular formula is C25H33F3N8O2. The van der Waals surface area contributed by atoms with Crippen molar-refractivity contribution in [3.05, 3.63) is 41.6 Å². The molecule has 4 N–H and O–H groups in total. The van der Waals surface area contributed by atoms with Crippen LogP contribution in [-0.4, -0.2) is 84.1 Å². The van der Waals surface area contributed by atoms with Crippen molar-refractivity contribution in [2.45, 2.75) is 43.9 Å². The number of alkyl halides is 3. The fourth-order valence-corrected chi connectivity index (χ4v) is 4.67. The van der Waals surface area contributed by atoms with Gasteiger partial charge in [0.25, 0.3) is 5.91 Å². The van der Waals surface area contributed by atoms with Crippen LogP contribution in [0.5, 0.6) is 0 Å². The van der Waals surface area contributed by atoms with E-state index in [0.29, 0.717) is 37.2 Å². The summed E-state index contributed by atoms with van der Waals surface area (Å²) in [7, 11) is 3.50. The van der Waals surface area contributed by atoms with Crippen molar-refractivity contribution < 1.29 is 22.8 Å². The van der Waals surface area contributed by atoms with Gasteiger partial charge in [-0.3, -0.25) is 4.79 Å². The molecule has 10 nitrogen and oxygen atoms in total. The maximum atomic E-state index is 13.8. The standard InChI is InChI=1S/C25H33F3N8O2/c1-29-24(38)33-20-6-4-3-5-19(20)32-21-18(25(26,27)28)15-30-23(34-21)31-17-9-7-16(8-10-17)22(37)36-13-11-35(2)12-14-36/h7-10,15,19-20H,3-6,11-14H2,1-2H3,(H2,29,33,38)(H2,30,31,32,34)/t19-,20+/m1/s1. The number of aromatic nitrogens is 2. The first-order chi connectivity index (χ1) is 18.1. The normalized spacial score (nSPS) is 20.5. The molecule has 2 heterocycles. The summed E-state index contributed by atoms with van der Waals surface area (Å²) in [5.74, 6) is -0.438. The van der Waals surface area contributed by atoms with Crippen LogP contribution in [0.2, 0.25) is 0 Å². The molecule has 38 heavy (non-hydrogen) atoms. The van der Waals surface area contributed by atoms with E-state index in [9.17, 15) is 22.8 Å². The number of rotatable bonds is 6. The topological polar surface area (TPSA) is 115 Å². The second-order valence-corrected chi connectivity index (χ2v) is 9.62. The molecule has 206 valence electrons. The van der Waals surface area contributed by atoms with Crippen molar-refractivity contribution in [1.29, 1.82) is 0 Å². The number of hydrogen-bond acceptors (Lipinski definition) is 7. The molecule has 0 spiro atoms. The summed E-state index contributed by atoms with van der Waals surface area (Å²) < 4.78 is 41.3. The molecule has 2 atom stereocenters. The van der Waals surface area contributed by atoms with Gasteiger partial charge >= 0.3 is 12.2 Å². The fourth-order valence-electron chi connectivity index (χ4n) is 4.67. The minimum Gasteiger partial charge on any atom is -0.365 e. The SMILES string of the molecule is CNC(=O)N[C@H]1CCCC[C@H]1Nc1nc(Nc2ccc(C(=O)N3CCN(C)CC3)cc2)ncc1C(F)(F)F. The highest BCUT2D eigenvalue weighted by Gasteiger charge is 2.37. The molecule has 1 aliphatic heterocycles. The second-order valence-electron chi connectivity index (χ2n) is 9.62. The van der Waals surface area contributed by atoms with Gasteiger partial charge in [0, 0.05) is 56.7 Å². The van der Waals surface area contributed by atoms with Gasteiger partial charge in [-0.2, -0.15) is 18.2 Å². The van der Waals surface area contributed by atoms with Crippen LogP contribution in [0.1, 0.15) is 41.6 Å². The molecule has 1 aromatic heterocycles. The van der Waals surface area contributed by atoms with E-state index < -0.39 is 17.8 Å². The Morgan fingerprint density at radius 1 is 1.00 bits per heavy atom. The van der Waals surface area contributed by atoms with Crippen LogP contribution >= 0.6 is 0 Å². The third-order valence-corrected chi connectivity index (χ3v) is 6.90. The molecule has 3 amide bonds. The van der Waals surface area contributed by atoms with E-state index in [0.717, 1.165) is 32.1 Å². The van der Waals surface area contributed by atoms with Gasteiger partial charge in [-0.25, -0.2) is 9.78 Å². The maximum Gasteiger partial charge on any atom is 0.421 e. The average Bonchev–Trinajstić information content (AvgIpc) is 2.89. The number of halogens is 3. The van der Waals surface area contributed by atoms with Gasteiger partial charge < -0.3 is 31.1 Å². The summed E-state index contributed by atoms with van der Waals surface area (Å²) in [4.78, 5) is 36.6. The number of likely N-dealkylation sites (N-methyl/N-ethyl adjacent to an activating group) is 1. The van der Waals surface area contributed by atoms with Gasteiger partial charge in [0.05, 0.1) is 6.04 Å². The van der Waals surface area contributed by atoms with E-state index in [1.165, 1.54) is 7.05 Å². The van der Waals surface area contributed by atoms with Gasteiger partial charge in [0.2, 0.25) is 5.95 Å². The van der Waals surface area contributed by atoms with E-state index in [1.54, 1.807) is 29.2 Å². The zero-order valence-electron chi connectivity index (χ0n) is 21.4. The molecule has 0 unspecified atom stereocenters. The van der Waals surface area contributed by atoms with Gasteiger partial charge in [-0.1, -0.05) is 12.8 Å². The van der Waals surface area contributed by atoms with Crippen molar-refractivity contribution in [2.24, 2.45) is 0 Å². The van der Waals surface area contributed by atoms with Crippen molar-refractivity contribution in [2.75, 3.05) is 50.9 Å². The van der Waals surface area contributed by atoms with Crippen molar-refractivity contribution in [3.8, 4) is 0 Å². The Balaban J connectivity index is 1.49. The number of nitrogens with zero attached hydrogens (tertiary/aromatic N) is 4. The number of carbonyl (C=O) groups excluding carboxylic acids is 2. The molecule has 1 saturated heterocycles. The Kier molecular flexibility index (Phi) is 8.55. The lowest BCUT2D eigenvalue weighted by molar-refractivity contribution is -0.137. The number of urea groups is 1. The molecule has 1 aliphatic carbocycles. The summed E-state index contributed by atoms with van der Waals surface area (Å²) in [6.45, 7) is 2.95. The number of benzene rings is 1. The van der Waals surface area contributed by atoms with Crippen molar-refractivity contribution in [1.82, 2.24) is 30.4 Å². The first kappa shape index (κ1) is 27.4. The Morgan fingerprint density at radius 2 is 1.66 bits per heavy atom. The molecular weight excluding hydrogens is 501 g/mol. The lowest BCUT2D eigenvalue weighted by Gasteiger charge is -2.33. The predicted octanol–water partition coefficient (Wildman–Crippen LogP) is 3.28. The predicted molar refractivity (Wildman–Crippen MR) is 137 cm³/mol. The van der Waals surface area contributed by atoms with Gasteiger partial charge in [0.1, 0.15) is 11.4 Å². The Hall–Kier alpha value is -3.61. The summed E-state index contributed by atoms with van der Waals surface area (Å²) in [5.41, 5.74) is 0.0747. The van der Waals surface area contributed by atoms with Crippen LogP contribution in [0.25, 0.3) is 0 Å². The van der Waals surface area contributed by atoms with Crippen molar-refractivity contribution >= 4 is 29.4 Å². The minimum atomic E-state index is -4.66. The molecule has 2 aliphatic rings. The monoisotopic (exact) mass is 534 g/mol. The van der Waals surface area contributed by atoms with Gasteiger partial charge in [-0.15, -0.1) is 0 Å². The second kappa shape index (κ2) is 11.8. The molecule has 1 saturated carbocycles. The summed E-state index contributed by atoms with van der Waals surface area (Å²) >= 11 is 0. The quantitative estimate of drug-likeness (QED) is 0.450. The Labute approximate surface area is 219 Å². The molecule has 4 rings (SSSR count). The zero-order valence-corrected chi connectivity index (χ0v) is 21.4. The van der Waals surface area contributed by atoms with Gasteiger partial charge in [0.15, 0.2) is 0 Å². The van der Waals surface area contributed by atoms with E-state index >= 15 is 0 Å². The fraction of sp³-hybridized carbons (Fsp3) is 0.520. The van der Waals surface area contributed by atoms with Crippen LogP contribution in [0, 0.1) is 0 Å². The number of piperazine rings is 1. The zero-order chi connectivity index (χ0) is 27.3. The molecule has 2 aromatic rings. The van der Waals surface area contributed by atoms with Crippen LogP contribution in [0.15, 0.2) is 30.5 Å².